The van der Waals surface area contributed by atoms with Crippen LogP contribution in [-0.2, 0) is 26.2 Å². The first-order valence-corrected chi connectivity index (χ1v) is 10.7. The third-order valence-electron chi connectivity index (χ3n) is 5.32. The van der Waals surface area contributed by atoms with E-state index >= 15 is 0 Å². The van der Waals surface area contributed by atoms with Gasteiger partial charge >= 0.3 is 11.4 Å². The van der Waals surface area contributed by atoms with Crippen LogP contribution in [0.25, 0.3) is 0 Å². The predicted molar refractivity (Wildman–Crippen MR) is 117 cm³/mol. The van der Waals surface area contributed by atoms with Crippen LogP contribution in [0.15, 0.2) is 31.3 Å². The van der Waals surface area contributed by atoms with Gasteiger partial charge in [-0.05, 0) is 46.0 Å². The van der Waals surface area contributed by atoms with E-state index in [-0.39, 0.29) is 48.8 Å². The Kier molecular flexibility index (Phi) is 9.20. The van der Waals surface area contributed by atoms with Crippen LogP contribution in [0.5, 0.6) is 0 Å². The minimum atomic E-state index is -0.389. The van der Waals surface area contributed by atoms with Crippen molar-refractivity contribution in [3.63, 3.8) is 0 Å². The molecule has 2 heterocycles. The van der Waals surface area contributed by atoms with Gasteiger partial charge in [-0.3, -0.25) is 27.9 Å². The van der Waals surface area contributed by atoms with E-state index in [0.29, 0.717) is 56.6 Å². The summed E-state index contributed by atoms with van der Waals surface area (Å²) in [5.41, 5.74) is -0.361. The van der Waals surface area contributed by atoms with Crippen molar-refractivity contribution in [1.29, 1.82) is 0 Å². The lowest BCUT2D eigenvalue weighted by Crippen LogP contribution is -2.41. The van der Waals surface area contributed by atoms with Crippen LogP contribution in [0.2, 0.25) is 0 Å². The molecule has 31 heavy (non-hydrogen) atoms. The van der Waals surface area contributed by atoms with Gasteiger partial charge in [0.2, 0.25) is 0 Å². The lowest BCUT2D eigenvalue weighted by atomic mass is 10.2. The van der Waals surface area contributed by atoms with Gasteiger partial charge in [0.25, 0.3) is 11.1 Å². The molecule has 0 unspecified atom stereocenters. The van der Waals surface area contributed by atoms with Crippen molar-refractivity contribution in [2.75, 3.05) is 13.2 Å². The van der Waals surface area contributed by atoms with Crippen LogP contribution in [0.3, 0.4) is 0 Å². The molecule has 0 bridgehead atoms. The number of rotatable bonds is 12. The number of aliphatic hydroxyl groups is 2. The van der Waals surface area contributed by atoms with Gasteiger partial charge in [-0.15, -0.1) is 0 Å². The number of aromatic nitrogens is 4. The molecule has 0 radical (unpaired) electrons. The van der Waals surface area contributed by atoms with Crippen molar-refractivity contribution in [2.45, 2.75) is 72.1 Å². The SMILES string of the molecule is Cc1cc(=O)n(CCCCCn2c(=O)cc(C)n(CCCO)c2=O)c(=O)n1CCCO. The summed E-state index contributed by atoms with van der Waals surface area (Å²) >= 11 is 0. The highest BCUT2D eigenvalue weighted by Gasteiger charge is 2.10. The Morgan fingerprint density at radius 2 is 0.935 bits per heavy atom. The fourth-order valence-corrected chi connectivity index (χ4v) is 3.58. The lowest BCUT2D eigenvalue weighted by molar-refractivity contribution is 0.277. The van der Waals surface area contributed by atoms with E-state index < -0.39 is 0 Å². The Bertz CT molecular complexity index is 1020. The molecule has 0 fully saturated rings. The predicted octanol–water partition coefficient (Wildman–Crippen LogP) is -0.414. The zero-order valence-electron chi connectivity index (χ0n) is 18.2. The normalized spacial score (nSPS) is 11.2. The number of aryl methyl sites for hydroxylation is 2. The molecule has 0 saturated carbocycles. The lowest BCUT2D eigenvalue weighted by Gasteiger charge is -2.13. The fraction of sp³-hybridized carbons (Fsp3) is 0.619. The topological polar surface area (TPSA) is 128 Å². The van der Waals surface area contributed by atoms with Crippen LogP contribution in [-0.4, -0.2) is 41.7 Å². The molecule has 2 aromatic rings. The van der Waals surface area contributed by atoms with E-state index in [9.17, 15) is 19.2 Å². The molecular weight excluding hydrogens is 404 g/mol. The highest BCUT2D eigenvalue weighted by atomic mass is 16.3. The average Bonchev–Trinajstić information content (AvgIpc) is 2.71. The molecule has 0 aliphatic carbocycles. The van der Waals surface area contributed by atoms with Gasteiger partial charge in [-0.1, -0.05) is 0 Å². The Hall–Kier alpha value is -2.72. The van der Waals surface area contributed by atoms with E-state index in [1.165, 1.54) is 30.4 Å². The summed E-state index contributed by atoms with van der Waals surface area (Å²) in [6.45, 7) is 4.51. The molecule has 0 aromatic carbocycles. The zero-order valence-corrected chi connectivity index (χ0v) is 18.2. The second-order valence-electron chi connectivity index (χ2n) is 7.63. The fourth-order valence-electron chi connectivity index (χ4n) is 3.58. The Morgan fingerprint density at radius 3 is 1.29 bits per heavy atom. The van der Waals surface area contributed by atoms with Gasteiger partial charge in [-0.2, -0.15) is 0 Å². The van der Waals surface area contributed by atoms with Crippen molar-refractivity contribution >= 4 is 0 Å². The Balaban J connectivity index is 2.02. The van der Waals surface area contributed by atoms with Crippen molar-refractivity contribution in [3.8, 4) is 0 Å². The molecule has 0 aliphatic rings. The first-order chi connectivity index (χ1) is 14.8. The monoisotopic (exact) mass is 436 g/mol. The molecule has 0 aliphatic heterocycles. The maximum atomic E-state index is 12.6. The van der Waals surface area contributed by atoms with Gasteiger partial charge in [0.15, 0.2) is 0 Å². The molecule has 0 spiro atoms. The van der Waals surface area contributed by atoms with Gasteiger partial charge in [0.1, 0.15) is 0 Å². The summed E-state index contributed by atoms with van der Waals surface area (Å²) in [6, 6.07) is 2.83. The summed E-state index contributed by atoms with van der Waals surface area (Å²) in [5.74, 6) is 0. The van der Waals surface area contributed by atoms with Crippen LogP contribution in [0, 0.1) is 13.8 Å². The van der Waals surface area contributed by atoms with Crippen molar-refractivity contribution in [2.24, 2.45) is 0 Å². The van der Waals surface area contributed by atoms with Gasteiger partial charge in [-0.25, -0.2) is 9.59 Å². The van der Waals surface area contributed by atoms with Crippen LogP contribution in [0.4, 0.5) is 0 Å². The summed E-state index contributed by atoms with van der Waals surface area (Å²) in [6.07, 6.45) is 2.60. The first-order valence-electron chi connectivity index (χ1n) is 10.7. The summed E-state index contributed by atoms with van der Waals surface area (Å²) in [5, 5.41) is 18.0. The van der Waals surface area contributed by atoms with E-state index in [2.05, 4.69) is 0 Å². The molecule has 0 saturated heterocycles. The number of hydrogen-bond donors (Lipinski definition) is 2. The molecular formula is C21H32N4O6. The Morgan fingerprint density at radius 1 is 0.581 bits per heavy atom. The van der Waals surface area contributed by atoms with Gasteiger partial charge in [0.05, 0.1) is 0 Å². The number of aliphatic hydroxyl groups excluding tert-OH is 2. The molecule has 0 atom stereocenters. The van der Waals surface area contributed by atoms with Crippen molar-refractivity contribution < 1.29 is 10.2 Å². The second-order valence-corrected chi connectivity index (χ2v) is 7.63. The van der Waals surface area contributed by atoms with E-state index in [0.717, 1.165) is 0 Å². The standard InChI is InChI=1S/C21H32N4O6/c1-16-14-18(28)24(20(30)22(16)10-6-12-26)8-4-3-5-9-25-19(29)15-17(2)23(21(25)31)11-7-13-27/h14-15,26-27H,3-13H2,1-2H3. The molecule has 172 valence electrons. The largest absolute Gasteiger partial charge is 0.396 e. The summed E-state index contributed by atoms with van der Waals surface area (Å²) in [4.78, 5) is 49.6. The summed E-state index contributed by atoms with van der Waals surface area (Å²) < 4.78 is 5.34. The summed E-state index contributed by atoms with van der Waals surface area (Å²) in [7, 11) is 0. The highest BCUT2D eigenvalue weighted by Crippen LogP contribution is 2.00. The quantitative estimate of drug-likeness (QED) is 0.435. The van der Waals surface area contributed by atoms with E-state index in [1.54, 1.807) is 13.8 Å². The first kappa shape index (κ1) is 24.5. The number of nitrogens with zero attached hydrogens (tertiary/aromatic N) is 4. The zero-order chi connectivity index (χ0) is 23.0. The van der Waals surface area contributed by atoms with Gasteiger partial charge < -0.3 is 10.2 Å². The number of unbranched alkanes of at least 4 members (excludes halogenated alkanes) is 2. The number of hydrogen-bond acceptors (Lipinski definition) is 6. The molecule has 2 rings (SSSR count). The maximum Gasteiger partial charge on any atom is 0.331 e. The van der Waals surface area contributed by atoms with Crippen LogP contribution >= 0.6 is 0 Å². The Labute approximate surface area is 179 Å². The molecule has 10 heteroatoms. The minimum Gasteiger partial charge on any atom is -0.396 e. The molecule has 2 N–H and O–H groups in total. The molecule has 2 aromatic heterocycles. The maximum absolute atomic E-state index is 12.6. The minimum absolute atomic E-state index is 0.0366. The molecule has 10 nitrogen and oxygen atoms in total. The van der Waals surface area contributed by atoms with Crippen molar-refractivity contribution in [1.82, 2.24) is 18.3 Å². The smallest absolute Gasteiger partial charge is 0.331 e. The third kappa shape index (κ3) is 6.14. The average molecular weight is 437 g/mol. The van der Waals surface area contributed by atoms with E-state index in [4.69, 9.17) is 10.2 Å². The molecule has 0 amide bonds. The third-order valence-corrected chi connectivity index (χ3v) is 5.32. The highest BCUT2D eigenvalue weighted by molar-refractivity contribution is 5.01. The second kappa shape index (κ2) is 11.6. The van der Waals surface area contributed by atoms with Crippen LogP contribution < -0.4 is 22.5 Å². The van der Waals surface area contributed by atoms with E-state index in [1.807, 2.05) is 0 Å². The van der Waals surface area contributed by atoms with Crippen molar-refractivity contribution in [3.05, 3.63) is 65.2 Å². The van der Waals surface area contributed by atoms with Gasteiger partial charge in [0, 0.05) is 62.9 Å². The van der Waals surface area contributed by atoms with Crippen LogP contribution in [0.1, 0.15) is 43.5 Å².